The molecule has 2 N–H and O–H groups in total. The smallest absolute Gasteiger partial charge is 0.124 e. The van der Waals surface area contributed by atoms with Gasteiger partial charge in [0.1, 0.15) is 5.82 Å². The summed E-state index contributed by atoms with van der Waals surface area (Å²) in [5.74, 6) is -0.165. The lowest BCUT2D eigenvalue weighted by molar-refractivity contribution is 0.624. The first kappa shape index (κ1) is 14.0. The Balaban J connectivity index is 2.58. The zero-order valence-electron chi connectivity index (χ0n) is 11.5. The van der Waals surface area contributed by atoms with E-state index in [4.69, 9.17) is 11.0 Å². The summed E-state index contributed by atoms with van der Waals surface area (Å²) < 4.78 is 13.8. The number of rotatable bonds is 3. The van der Waals surface area contributed by atoms with Crippen LogP contribution in [0.4, 0.5) is 10.1 Å². The Morgan fingerprint density at radius 2 is 2.10 bits per heavy atom. The second-order valence-corrected chi connectivity index (χ2v) is 4.98. The standard InChI is InChI=1S/C16H16FN3/c1-10(2)14-8-12(17)9-15(16(14)19)11-4-6-20-13(7-11)3-5-18/h4,6-10H,3,19H2,1-2H3. The monoisotopic (exact) mass is 269 g/mol. The number of aromatic nitrogens is 1. The largest absolute Gasteiger partial charge is 0.398 e. The molecule has 1 aromatic carbocycles. The molecule has 0 saturated heterocycles. The molecule has 2 aromatic rings. The van der Waals surface area contributed by atoms with E-state index in [1.807, 2.05) is 13.8 Å². The van der Waals surface area contributed by atoms with Gasteiger partial charge in [0.05, 0.1) is 18.2 Å². The first-order valence-electron chi connectivity index (χ1n) is 6.44. The fraction of sp³-hybridized carbons (Fsp3) is 0.250. The Bertz CT molecular complexity index is 672. The van der Waals surface area contributed by atoms with Gasteiger partial charge in [-0.15, -0.1) is 0 Å². The van der Waals surface area contributed by atoms with Crippen LogP contribution in [-0.2, 0) is 6.42 Å². The van der Waals surface area contributed by atoms with Gasteiger partial charge in [0, 0.05) is 17.4 Å². The molecular formula is C16H16FN3. The number of hydrogen-bond donors (Lipinski definition) is 1. The number of nitrogens with two attached hydrogens (primary N) is 1. The van der Waals surface area contributed by atoms with Gasteiger partial charge < -0.3 is 5.73 Å². The highest BCUT2D eigenvalue weighted by atomic mass is 19.1. The second-order valence-electron chi connectivity index (χ2n) is 4.98. The van der Waals surface area contributed by atoms with Crippen molar-refractivity contribution in [3.8, 4) is 17.2 Å². The lowest BCUT2D eigenvalue weighted by Crippen LogP contribution is -2.01. The maximum absolute atomic E-state index is 13.8. The number of nitrogens with zero attached hydrogens (tertiary/aromatic N) is 2. The number of hydrogen-bond acceptors (Lipinski definition) is 3. The third kappa shape index (κ3) is 2.77. The lowest BCUT2D eigenvalue weighted by atomic mass is 9.94. The van der Waals surface area contributed by atoms with Crippen LogP contribution in [0.1, 0.15) is 31.0 Å². The first-order valence-corrected chi connectivity index (χ1v) is 6.44. The van der Waals surface area contributed by atoms with Crippen LogP contribution in [-0.4, -0.2) is 4.98 Å². The molecule has 0 spiro atoms. The van der Waals surface area contributed by atoms with Crippen LogP contribution in [0.15, 0.2) is 30.5 Å². The van der Waals surface area contributed by atoms with E-state index in [-0.39, 0.29) is 18.2 Å². The van der Waals surface area contributed by atoms with E-state index in [2.05, 4.69) is 11.1 Å². The van der Waals surface area contributed by atoms with Crippen molar-refractivity contribution < 1.29 is 4.39 Å². The molecule has 3 nitrogen and oxygen atoms in total. The highest BCUT2D eigenvalue weighted by molar-refractivity contribution is 5.79. The van der Waals surface area contributed by atoms with Gasteiger partial charge in [-0.05, 0) is 41.3 Å². The summed E-state index contributed by atoms with van der Waals surface area (Å²) in [6, 6.07) is 8.50. The average molecular weight is 269 g/mol. The Morgan fingerprint density at radius 3 is 2.75 bits per heavy atom. The molecule has 0 unspecified atom stereocenters. The van der Waals surface area contributed by atoms with Crippen molar-refractivity contribution in [3.63, 3.8) is 0 Å². The summed E-state index contributed by atoms with van der Waals surface area (Å²) in [6.07, 6.45) is 1.83. The zero-order valence-corrected chi connectivity index (χ0v) is 11.5. The molecule has 1 heterocycles. The van der Waals surface area contributed by atoms with Gasteiger partial charge in [-0.25, -0.2) is 4.39 Å². The zero-order chi connectivity index (χ0) is 14.7. The second kappa shape index (κ2) is 5.70. The van der Waals surface area contributed by atoms with Gasteiger partial charge in [-0.2, -0.15) is 5.26 Å². The quantitative estimate of drug-likeness (QED) is 0.865. The third-order valence-electron chi connectivity index (χ3n) is 3.19. The summed E-state index contributed by atoms with van der Waals surface area (Å²) in [6.45, 7) is 3.95. The summed E-state index contributed by atoms with van der Waals surface area (Å²) in [7, 11) is 0. The normalized spacial score (nSPS) is 10.6. The van der Waals surface area contributed by atoms with E-state index in [0.717, 1.165) is 11.1 Å². The van der Waals surface area contributed by atoms with Crippen molar-refractivity contribution in [3.05, 3.63) is 47.5 Å². The maximum Gasteiger partial charge on any atom is 0.124 e. The lowest BCUT2D eigenvalue weighted by Gasteiger charge is -2.14. The highest BCUT2D eigenvalue weighted by Gasteiger charge is 2.13. The fourth-order valence-corrected chi connectivity index (χ4v) is 2.18. The number of halogens is 1. The van der Waals surface area contributed by atoms with E-state index >= 15 is 0 Å². The van der Waals surface area contributed by atoms with Gasteiger partial charge in [-0.1, -0.05) is 13.8 Å². The molecule has 0 aliphatic carbocycles. The van der Waals surface area contributed by atoms with Crippen molar-refractivity contribution in [2.45, 2.75) is 26.2 Å². The van der Waals surface area contributed by atoms with Crippen LogP contribution in [0.2, 0.25) is 0 Å². The van der Waals surface area contributed by atoms with Gasteiger partial charge in [-0.3, -0.25) is 4.98 Å². The van der Waals surface area contributed by atoms with Crippen LogP contribution < -0.4 is 5.73 Å². The molecule has 0 bridgehead atoms. The number of nitrogen functional groups attached to an aromatic ring is 1. The van der Waals surface area contributed by atoms with Gasteiger partial charge in [0.15, 0.2) is 0 Å². The van der Waals surface area contributed by atoms with Crippen LogP contribution in [0.25, 0.3) is 11.1 Å². The molecule has 0 amide bonds. The predicted molar refractivity (Wildman–Crippen MR) is 77.4 cm³/mol. The van der Waals surface area contributed by atoms with Crippen molar-refractivity contribution in [2.24, 2.45) is 0 Å². The first-order chi connectivity index (χ1) is 9.52. The minimum absolute atomic E-state index is 0.143. The molecule has 102 valence electrons. The minimum atomic E-state index is -0.309. The Hall–Kier alpha value is -2.41. The predicted octanol–water partition coefficient (Wildman–Crippen LogP) is 3.66. The molecule has 1 aromatic heterocycles. The molecule has 0 fully saturated rings. The van der Waals surface area contributed by atoms with Gasteiger partial charge in [0.25, 0.3) is 0 Å². The van der Waals surface area contributed by atoms with Crippen LogP contribution in [0.5, 0.6) is 0 Å². The van der Waals surface area contributed by atoms with E-state index in [1.165, 1.54) is 12.1 Å². The molecule has 0 saturated carbocycles. The summed E-state index contributed by atoms with van der Waals surface area (Å²) in [4.78, 5) is 4.11. The van der Waals surface area contributed by atoms with E-state index in [1.54, 1.807) is 18.3 Å². The Kier molecular flexibility index (Phi) is 3.99. The van der Waals surface area contributed by atoms with Gasteiger partial charge in [0.2, 0.25) is 0 Å². The van der Waals surface area contributed by atoms with Crippen molar-refractivity contribution in [1.82, 2.24) is 4.98 Å². The number of nitriles is 1. The molecule has 20 heavy (non-hydrogen) atoms. The average Bonchev–Trinajstić information content (AvgIpc) is 2.41. The maximum atomic E-state index is 13.8. The summed E-state index contributed by atoms with van der Waals surface area (Å²) >= 11 is 0. The third-order valence-corrected chi connectivity index (χ3v) is 3.19. The minimum Gasteiger partial charge on any atom is -0.398 e. The highest BCUT2D eigenvalue weighted by Crippen LogP contribution is 2.33. The van der Waals surface area contributed by atoms with Crippen molar-refractivity contribution in [1.29, 1.82) is 5.26 Å². The number of anilines is 1. The Labute approximate surface area is 117 Å². The van der Waals surface area contributed by atoms with Crippen LogP contribution >= 0.6 is 0 Å². The topological polar surface area (TPSA) is 62.7 Å². The van der Waals surface area contributed by atoms with E-state index < -0.39 is 0 Å². The summed E-state index contributed by atoms with van der Waals surface area (Å²) in [5, 5.41) is 8.72. The van der Waals surface area contributed by atoms with Gasteiger partial charge >= 0.3 is 0 Å². The Morgan fingerprint density at radius 1 is 1.35 bits per heavy atom. The molecule has 2 rings (SSSR count). The fourth-order valence-electron chi connectivity index (χ4n) is 2.18. The van der Waals surface area contributed by atoms with Crippen LogP contribution in [0.3, 0.4) is 0 Å². The number of benzene rings is 1. The van der Waals surface area contributed by atoms with Crippen molar-refractivity contribution >= 4 is 5.69 Å². The van der Waals surface area contributed by atoms with E-state index in [0.29, 0.717) is 16.9 Å². The van der Waals surface area contributed by atoms with Crippen molar-refractivity contribution in [2.75, 3.05) is 5.73 Å². The molecule has 0 atom stereocenters. The molecule has 4 heteroatoms. The molecule has 0 aliphatic rings. The SMILES string of the molecule is CC(C)c1cc(F)cc(-c2ccnc(CC#N)c2)c1N. The number of pyridine rings is 1. The molecule has 0 radical (unpaired) electrons. The summed E-state index contributed by atoms with van der Waals surface area (Å²) in [5.41, 5.74) is 9.61. The molecular weight excluding hydrogens is 253 g/mol. The van der Waals surface area contributed by atoms with E-state index in [9.17, 15) is 4.39 Å². The molecule has 0 aliphatic heterocycles. The van der Waals surface area contributed by atoms with Crippen LogP contribution in [0, 0.1) is 17.1 Å².